The maximum absolute atomic E-state index is 5.96. The molecule has 0 aliphatic carbocycles. The lowest BCUT2D eigenvalue weighted by Crippen LogP contribution is -1.90. The summed E-state index contributed by atoms with van der Waals surface area (Å²) in [6, 6.07) is 9.11. The molecule has 0 amide bonds. The normalized spacial score (nSPS) is 10.6. The van der Waals surface area contributed by atoms with Crippen LogP contribution in [0.15, 0.2) is 40.9 Å². The Bertz CT molecular complexity index is 788. The summed E-state index contributed by atoms with van der Waals surface area (Å²) in [6.45, 7) is 1.88. The molecule has 0 atom stereocenters. The molecule has 0 radical (unpaired) electrons. The van der Waals surface area contributed by atoms with Crippen LogP contribution in [0, 0.1) is 6.92 Å². The Hall–Kier alpha value is -2.11. The second-order valence-electron chi connectivity index (χ2n) is 4.30. The van der Waals surface area contributed by atoms with Crippen molar-refractivity contribution in [3.05, 3.63) is 52.3 Å². The van der Waals surface area contributed by atoms with E-state index in [1.807, 2.05) is 19.1 Å². The molecule has 7 heteroatoms. The Morgan fingerprint density at radius 3 is 2.71 bits per heavy atom. The van der Waals surface area contributed by atoms with Gasteiger partial charge < -0.3 is 9.73 Å². The van der Waals surface area contributed by atoms with E-state index in [2.05, 4.69) is 20.5 Å². The largest absolute Gasteiger partial charge is 0.403 e. The van der Waals surface area contributed by atoms with Gasteiger partial charge in [-0.05, 0) is 37.3 Å². The Balaban J connectivity index is 1.85. The SMILES string of the molecule is Cc1ncccc1-c1nnc(Nc2ccc(Cl)c(Cl)c2)o1. The molecule has 0 aliphatic heterocycles. The molecule has 2 aromatic heterocycles. The molecule has 0 fully saturated rings. The van der Waals surface area contributed by atoms with Crippen LogP contribution in [0.4, 0.5) is 11.7 Å². The van der Waals surface area contributed by atoms with E-state index in [9.17, 15) is 0 Å². The first-order valence-corrected chi connectivity index (χ1v) is 6.86. The van der Waals surface area contributed by atoms with Gasteiger partial charge in [-0.2, -0.15) is 0 Å². The monoisotopic (exact) mass is 320 g/mol. The summed E-state index contributed by atoms with van der Waals surface area (Å²) >= 11 is 11.8. The third-order valence-corrected chi connectivity index (χ3v) is 3.57. The van der Waals surface area contributed by atoms with E-state index < -0.39 is 0 Å². The summed E-state index contributed by atoms with van der Waals surface area (Å²) in [4.78, 5) is 4.19. The molecule has 2 heterocycles. The number of aromatic nitrogens is 3. The number of hydrogen-bond donors (Lipinski definition) is 1. The van der Waals surface area contributed by atoms with Crippen molar-refractivity contribution in [2.24, 2.45) is 0 Å². The lowest BCUT2D eigenvalue weighted by Gasteiger charge is -2.02. The molecular formula is C14H10Cl2N4O. The van der Waals surface area contributed by atoms with Crippen molar-refractivity contribution in [2.75, 3.05) is 5.32 Å². The Kier molecular flexibility index (Phi) is 3.77. The predicted octanol–water partition coefficient (Wildman–Crippen LogP) is 4.49. The highest BCUT2D eigenvalue weighted by Gasteiger charge is 2.11. The van der Waals surface area contributed by atoms with Crippen LogP contribution in [0.5, 0.6) is 0 Å². The first-order chi connectivity index (χ1) is 10.1. The fourth-order valence-corrected chi connectivity index (χ4v) is 2.09. The average Bonchev–Trinajstić information content (AvgIpc) is 2.92. The van der Waals surface area contributed by atoms with E-state index in [0.717, 1.165) is 11.3 Å². The highest BCUT2D eigenvalue weighted by atomic mass is 35.5. The number of aryl methyl sites for hydroxylation is 1. The number of nitrogens with one attached hydrogen (secondary N) is 1. The molecule has 0 bridgehead atoms. The van der Waals surface area contributed by atoms with Gasteiger partial charge in [0, 0.05) is 17.6 Å². The van der Waals surface area contributed by atoms with Gasteiger partial charge in [-0.15, -0.1) is 5.10 Å². The summed E-state index contributed by atoms with van der Waals surface area (Å²) in [6.07, 6.45) is 1.71. The fraction of sp³-hybridized carbons (Fsp3) is 0.0714. The highest BCUT2D eigenvalue weighted by molar-refractivity contribution is 6.42. The lowest BCUT2D eigenvalue weighted by molar-refractivity contribution is 0.587. The van der Waals surface area contributed by atoms with Crippen LogP contribution in [-0.2, 0) is 0 Å². The topological polar surface area (TPSA) is 63.8 Å². The molecule has 21 heavy (non-hydrogen) atoms. The first-order valence-electron chi connectivity index (χ1n) is 6.11. The van der Waals surface area contributed by atoms with E-state index in [-0.39, 0.29) is 6.01 Å². The van der Waals surface area contributed by atoms with Crippen LogP contribution in [0.25, 0.3) is 11.5 Å². The van der Waals surface area contributed by atoms with Gasteiger partial charge in [0.25, 0.3) is 5.89 Å². The zero-order valence-electron chi connectivity index (χ0n) is 11.0. The number of benzene rings is 1. The highest BCUT2D eigenvalue weighted by Crippen LogP contribution is 2.28. The summed E-state index contributed by atoms with van der Waals surface area (Å²) in [5.41, 5.74) is 2.33. The molecule has 106 valence electrons. The van der Waals surface area contributed by atoms with Crippen molar-refractivity contribution in [1.29, 1.82) is 0 Å². The second kappa shape index (κ2) is 5.71. The van der Waals surface area contributed by atoms with Crippen LogP contribution in [0.3, 0.4) is 0 Å². The average molecular weight is 321 g/mol. The molecule has 1 N–H and O–H groups in total. The van der Waals surface area contributed by atoms with E-state index >= 15 is 0 Å². The summed E-state index contributed by atoms with van der Waals surface area (Å²) in [5, 5.41) is 11.9. The Morgan fingerprint density at radius 1 is 1.10 bits per heavy atom. The van der Waals surface area contributed by atoms with E-state index in [1.54, 1.807) is 24.4 Å². The molecule has 3 aromatic rings. The Labute approximate surface area is 130 Å². The van der Waals surface area contributed by atoms with Gasteiger partial charge in [0.1, 0.15) is 0 Å². The molecule has 0 aliphatic rings. The van der Waals surface area contributed by atoms with Gasteiger partial charge in [0.05, 0.1) is 15.6 Å². The van der Waals surface area contributed by atoms with Crippen molar-refractivity contribution < 1.29 is 4.42 Å². The minimum absolute atomic E-state index is 0.270. The molecule has 0 unspecified atom stereocenters. The molecule has 0 saturated heterocycles. The smallest absolute Gasteiger partial charge is 0.320 e. The van der Waals surface area contributed by atoms with Gasteiger partial charge in [-0.3, -0.25) is 4.98 Å². The number of nitrogens with zero attached hydrogens (tertiary/aromatic N) is 3. The van der Waals surface area contributed by atoms with Crippen LogP contribution in [0.2, 0.25) is 10.0 Å². The minimum Gasteiger partial charge on any atom is -0.403 e. The van der Waals surface area contributed by atoms with Crippen molar-refractivity contribution >= 4 is 34.9 Å². The van der Waals surface area contributed by atoms with Crippen molar-refractivity contribution in [2.45, 2.75) is 6.92 Å². The van der Waals surface area contributed by atoms with Crippen LogP contribution in [0.1, 0.15) is 5.69 Å². The van der Waals surface area contributed by atoms with Gasteiger partial charge in [0.2, 0.25) is 0 Å². The van der Waals surface area contributed by atoms with Crippen molar-refractivity contribution in [3.8, 4) is 11.5 Å². The second-order valence-corrected chi connectivity index (χ2v) is 5.12. The number of halogens is 2. The number of hydrogen-bond acceptors (Lipinski definition) is 5. The molecular weight excluding hydrogens is 311 g/mol. The summed E-state index contributed by atoms with van der Waals surface area (Å²) in [5.74, 6) is 0.406. The zero-order chi connectivity index (χ0) is 14.8. The molecule has 1 aromatic carbocycles. The molecule has 0 saturated carbocycles. The van der Waals surface area contributed by atoms with Crippen molar-refractivity contribution in [3.63, 3.8) is 0 Å². The van der Waals surface area contributed by atoms with Gasteiger partial charge in [-0.25, -0.2) is 0 Å². The molecule has 0 spiro atoms. The number of anilines is 2. The van der Waals surface area contributed by atoms with E-state index in [1.165, 1.54) is 0 Å². The number of rotatable bonds is 3. The standard InChI is InChI=1S/C14H10Cl2N4O/c1-8-10(3-2-6-17-8)13-19-20-14(21-13)18-9-4-5-11(15)12(16)7-9/h2-7H,1H3,(H,18,20). The van der Waals surface area contributed by atoms with Crippen LogP contribution < -0.4 is 5.32 Å². The van der Waals surface area contributed by atoms with E-state index in [0.29, 0.717) is 21.6 Å². The summed E-state index contributed by atoms with van der Waals surface area (Å²) in [7, 11) is 0. The van der Waals surface area contributed by atoms with Gasteiger partial charge in [-0.1, -0.05) is 28.3 Å². The van der Waals surface area contributed by atoms with E-state index in [4.69, 9.17) is 27.6 Å². The maximum atomic E-state index is 5.96. The van der Waals surface area contributed by atoms with Crippen LogP contribution >= 0.6 is 23.2 Å². The third-order valence-electron chi connectivity index (χ3n) is 2.83. The molecule has 3 rings (SSSR count). The zero-order valence-corrected chi connectivity index (χ0v) is 12.5. The number of pyridine rings is 1. The van der Waals surface area contributed by atoms with Crippen LogP contribution in [-0.4, -0.2) is 15.2 Å². The quantitative estimate of drug-likeness (QED) is 0.770. The molecule has 5 nitrogen and oxygen atoms in total. The lowest BCUT2D eigenvalue weighted by atomic mass is 10.2. The van der Waals surface area contributed by atoms with Gasteiger partial charge >= 0.3 is 6.01 Å². The fourth-order valence-electron chi connectivity index (χ4n) is 1.79. The van der Waals surface area contributed by atoms with Crippen molar-refractivity contribution in [1.82, 2.24) is 15.2 Å². The minimum atomic E-state index is 0.270. The predicted molar refractivity (Wildman–Crippen MR) is 82.0 cm³/mol. The first kappa shape index (κ1) is 13.9. The third kappa shape index (κ3) is 2.99. The maximum Gasteiger partial charge on any atom is 0.320 e. The summed E-state index contributed by atoms with van der Waals surface area (Å²) < 4.78 is 5.58. The van der Waals surface area contributed by atoms with Gasteiger partial charge in [0.15, 0.2) is 0 Å². The Morgan fingerprint density at radius 2 is 1.95 bits per heavy atom.